The molecule has 0 atom stereocenters. The van der Waals surface area contributed by atoms with Crippen molar-refractivity contribution in [3.8, 4) is 0 Å². The Morgan fingerprint density at radius 1 is 1.00 bits per heavy atom. The smallest absolute Gasteiger partial charge is 0.226 e. The number of rotatable bonds is 6. The van der Waals surface area contributed by atoms with E-state index in [1.807, 2.05) is 18.2 Å². The van der Waals surface area contributed by atoms with Crippen molar-refractivity contribution in [2.75, 3.05) is 11.9 Å². The summed E-state index contributed by atoms with van der Waals surface area (Å²) < 4.78 is 0. The third kappa shape index (κ3) is 5.63. The topological polar surface area (TPSA) is 49.4 Å². The highest BCUT2D eigenvalue weighted by atomic mass is 35.5. The van der Waals surface area contributed by atoms with E-state index in [1.54, 1.807) is 29.2 Å². The molecule has 0 heterocycles. The van der Waals surface area contributed by atoms with Crippen molar-refractivity contribution in [1.29, 1.82) is 0 Å². The molecule has 1 N–H and O–H groups in total. The number of benzene rings is 2. The summed E-state index contributed by atoms with van der Waals surface area (Å²) in [5.41, 5.74) is 1.28. The average molecular weight is 400 g/mol. The number of anilines is 1. The molecule has 0 saturated carbocycles. The summed E-state index contributed by atoms with van der Waals surface area (Å²) in [4.78, 5) is 25.6. The van der Waals surface area contributed by atoms with Gasteiger partial charge >= 0.3 is 0 Å². The first kappa shape index (κ1) is 19.6. The number of carbonyl (C=O) groups excluding carboxylic acids is 2. The largest absolute Gasteiger partial charge is 0.338 e. The Balaban J connectivity index is 1.96. The van der Waals surface area contributed by atoms with Gasteiger partial charge in [-0.3, -0.25) is 9.59 Å². The Morgan fingerprint density at radius 2 is 1.68 bits per heavy atom. The highest BCUT2D eigenvalue weighted by molar-refractivity contribution is 6.44. The molecule has 0 aromatic heterocycles. The molecule has 2 rings (SSSR count). The molecule has 2 aromatic rings. The molecule has 2 amide bonds. The lowest BCUT2D eigenvalue weighted by Gasteiger charge is -2.21. The standard InChI is InChI=1S/C18H17Cl3N2O2/c1-12(24)23(11-13-5-2-3-6-14(13)19)10-9-17(25)22-16-8-4-7-15(20)18(16)21/h2-8H,9-11H2,1H3,(H,22,25). The number of halogens is 3. The van der Waals surface area contributed by atoms with E-state index in [0.29, 0.717) is 22.3 Å². The molecular weight excluding hydrogens is 383 g/mol. The predicted octanol–water partition coefficient (Wildman–Crippen LogP) is 5.02. The van der Waals surface area contributed by atoms with Gasteiger partial charge in [-0.25, -0.2) is 0 Å². The van der Waals surface area contributed by atoms with Crippen LogP contribution in [0.1, 0.15) is 18.9 Å². The van der Waals surface area contributed by atoms with E-state index in [2.05, 4.69) is 5.32 Å². The van der Waals surface area contributed by atoms with E-state index in [-0.39, 0.29) is 29.8 Å². The van der Waals surface area contributed by atoms with Crippen LogP contribution in [-0.2, 0) is 16.1 Å². The van der Waals surface area contributed by atoms with Crippen LogP contribution in [0.3, 0.4) is 0 Å². The minimum absolute atomic E-state index is 0.131. The highest BCUT2D eigenvalue weighted by Crippen LogP contribution is 2.29. The summed E-state index contributed by atoms with van der Waals surface area (Å²) in [5, 5.41) is 3.94. The van der Waals surface area contributed by atoms with Gasteiger partial charge in [0.05, 0.1) is 15.7 Å². The third-order valence-corrected chi connectivity index (χ3v) is 4.79. The molecule has 0 aliphatic rings. The molecule has 0 aliphatic heterocycles. The van der Waals surface area contributed by atoms with Crippen LogP contribution < -0.4 is 5.32 Å². The zero-order valence-corrected chi connectivity index (χ0v) is 15.8. The quantitative estimate of drug-likeness (QED) is 0.741. The van der Waals surface area contributed by atoms with Crippen molar-refractivity contribution in [2.24, 2.45) is 0 Å². The number of hydrogen-bond acceptors (Lipinski definition) is 2. The van der Waals surface area contributed by atoms with Gasteiger partial charge in [0.2, 0.25) is 11.8 Å². The minimum Gasteiger partial charge on any atom is -0.338 e. The Bertz CT molecular complexity index is 781. The summed E-state index contributed by atoms with van der Waals surface area (Å²) in [6.45, 7) is 2.08. The number of amides is 2. The molecule has 0 radical (unpaired) electrons. The van der Waals surface area contributed by atoms with E-state index in [1.165, 1.54) is 6.92 Å². The van der Waals surface area contributed by atoms with Crippen LogP contribution in [0.5, 0.6) is 0 Å². The molecule has 7 heteroatoms. The SMILES string of the molecule is CC(=O)N(CCC(=O)Nc1cccc(Cl)c1Cl)Cc1ccccc1Cl. The van der Waals surface area contributed by atoms with Gasteiger partial charge in [-0.2, -0.15) is 0 Å². The summed E-state index contributed by atoms with van der Waals surface area (Å²) >= 11 is 18.1. The minimum atomic E-state index is -0.255. The molecule has 25 heavy (non-hydrogen) atoms. The fraction of sp³-hybridized carbons (Fsp3) is 0.222. The van der Waals surface area contributed by atoms with E-state index < -0.39 is 0 Å². The average Bonchev–Trinajstić information content (AvgIpc) is 2.57. The van der Waals surface area contributed by atoms with Crippen LogP contribution in [0.2, 0.25) is 15.1 Å². The fourth-order valence-electron chi connectivity index (χ4n) is 2.23. The van der Waals surface area contributed by atoms with Gasteiger partial charge in [-0.15, -0.1) is 0 Å². The molecule has 0 bridgehead atoms. The fourth-order valence-corrected chi connectivity index (χ4v) is 2.77. The van der Waals surface area contributed by atoms with Crippen LogP contribution in [0.4, 0.5) is 5.69 Å². The molecule has 0 fully saturated rings. The second-order valence-electron chi connectivity index (χ2n) is 5.43. The van der Waals surface area contributed by atoms with Gasteiger partial charge < -0.3 is 10.2 Å². The zero-order valence-electron chi connectivity index (χ0n) is 13.6. The molecule has 0 aliphatic carbocycles. The van der Waals surface area contributed by atoms with Crippen molar-refractivity contribution >= 4 is 52.3 Å². The Labute approximate surface area is 161 Å². The number of nitrogens with one attached hydrogen (secondary N) is 1. The van der Waals surface area contributed by atoms with Crippen molar-refractivity contribution in [1.82, 2.24) is 4.90 Å². The van der Waals surface area contributed by atoms with Crippen LogP contribution in [-0.4, -0.2) is 23.3 Å². The summed E-state index contributed by atoms with van der Waals surface area (Å²) in [7, 11) is 0. The first-order chi connectivity index (χ1) is 11.9. The lowest BCUT2D eigenvalue weighted by atomic mass is 10.2. The highest BCUT2D eigenvalue weighted by Gasteiger charge is 2.14. The maximum absolute atomic E-state index is 12.1. The van der Waals surface area contributed by atoms with Crippen molar-refractivity contribution < 1.29 is 9.59 Å². The maximum Gasteiger partial charge on any atom is 0.226 e. The molecule has 0 saturated heterocycles. The number of hydrogen-bond donors (Lipinski definition) is 1. The monoisotopic (exact) mass is 398 g/mol. The second-order valence-corrected chi connectivity index (χ2v) is 6.62. The maximum atomic E-state index is 12.1. The Kier molecular flexibility index (Phi) is 7.12. The van der Waals surface area contributed by atoms with E-state index in [4.69, 9.17) is 34.8 Å². The van der Waals surface area contributed by atoms with Gasteiger partial charge in [0.1, 0.15) is 0 Å². The van der Waals surface area contributed by atoms with E-state index in [9.17, 15) is 9.59 Å². The predicted molar refractivity (Wildman–Crippen MR) is 102 cm³/mol. The summed E-state index contributed by atoms with van der Waals surface area (Å²) in [6.07, 6.45) is 0.132. The molecule has 132 valence electrons. The van der Waals surface area contributed by atoms with Gasteiger partial charge in [-0.05, 0) is 23.8 Å². The first-order valence-electron chi connectivity index (χ1n) is 7.61. The van der Waals surface area contributed by atoms with Crippen LogP contribution in [0.25, 0.3) is 0 Å². The number of nitrogens with zero attached hydrogens (tertiary/aromatic N) is 1. The lowest BCUT2D eigenvalue weighted by Crippen LogP contribution is -2.31. The first-order valence-corrected chi connectivity index (χ1v) is 8.74. The molecule has 0 spiro atoms. The molecule has 0 unspecified atom stereocenters. The van der Waals surface area contributed by atoms with Gasteiger partial charge in [0.25, 0.3) is 0 Å². The normalized spacial score (nSPS) is 10.4. The summed E-state index contributed by atoms with van der Waals surface area (Å²) in [5.74, 6) is -0.386. The number of carbonyl (C=O) groups is 2. The van der Waals surface area contributed by atoms with Crippen LogP contribution >= 0.6 is 34.8 Å². The molecular formula is C18H17Cl3N2O2. The van der Waals surface area contributed by atoms with E-state index >= 15 is 0 Å². The Hall–Kier alpha value is -1.75. The van der Waals surface area contributed by atoms with Crippen molar-refractivity contribution in [3.63, 3.8) is 0 Å². The summed E-state index contributed by atoms with van der Waals surface area (Å²) in [6, 6.07) is 12.3. The van der Waals surface area contributed by atoms with E-state index in [0.717, 1.165) is 5.56 Å². The van der Waals surface area contributed by atoms with Crippen LogP contribution in [0, 0.1) is 0 Å². The van der Waals surface area contributed by atoms with Gasteiger partial charge in [0.15, 0.2) is 0 Å². The zero-order chi connectivity index (χ0) is 18.4. The van der Waals surface area contributed by atoms with Gasteiger partial charge in [0, 0.05) is 31.5 Å². The van der Waals surface area contributed by atoms with Crippen LogP contribution in [0.15, 0.2) is 42.5 Å². The third-order valence-electron chi connectivity index (χ3n) is 3.60. The lowest BCUT2D eigenvalue weighted by molar-refractivity contribution is -0.129. The molecule has 4 nitrogen and oxygen atoms in total. The second kappa shape index (κ2) is 9.09. The Morgan fingerprint density at radius 3 is 2.36 bits per heavy atom. The van der Waals surface area contributed by atoms with Crippen molar-refractivity contribution in [2.45, 2.75) is 19.9 Å². The van der Waals surface area contributed by atoms with Crippen molar-refractivity contribution in [3.05, 3.63) is 63.1 Å². The molecule has 2 aromatic carbocycles. The van der Waals surface area contributed by atoms with Gasteiger partial charge in [-0.1, -0.05) is 59.1 Å².